The topological polar surface area (TPSA) is 68.9 Å². The molecule has 0 aromatic carbocycles. The molecule has 0 spiro atoms. The highest BCUT2D eigenvalue weighted by Gasteiger charge is 2.07. The minimum absolute atomic E-state index is 0.00582. The Hall–Kier alpha value is -2.81. The van der Waals surface area contributed by atoms with Gasteiger partial charge >= 0.3 is 0 Å². The number of imidazole rings is 1. The second-order valence-corrected chi connectivity index (χ2v) is 4.21. The number of hydrogen-bond acceptors (Lipinski definition) is 3. The van der Waals surface area contributed by atoms with Gasteiger partial charge in [0.2, 0.25) is 5.91 Å². The average molecular weight is 270 g/mol. The lowest BCUT2D eigenvalue weighted by Gasteiger charge is -2.08. The first kappa shape index (κ1) is 13.6. The second kappa shape index (κ2) is 5.45. The normalized spacial score (nSPS) is 10.1. The lowest BCUT2D eigenvalue weighted by Crippen LogP contribution is -2.29. The van der Waals surface area contributed by atoms with Crippen molar-refractivity contribution in [1.82, 2.24) is 19.4 Å². The Labute approximate surface area is 116 Å². The van der Waals surface area contributed by atoms with Crippen LogP contribution in [0.15, 0.2) is 29.3 Å². The fourth-order valence-electron chi connectivity index (χ4n) is 1.82. The number of nitrogens with zero attached hydrogens (tertiary/aromatic N) is 3. The van der Waals surface area contributed by atoms with E-state index in [0.29, 0.717) is 17.2 Å². The lowest BCUT2D eigenvalue weighted by atomic mass is 10.3. The van der Waals surface area contributed by atoms with Gasteiger partial charge in [-0.3, -0.25) is 9.59 Å². The van der Waals surface area contributed by atoms with Crippen LogP contribution < -0.4 is 10.9 Å². The molecule has 1 N–H and O–H groups in total. The van der Waals surface area contributed by atoms with Crippen molar-refractivity contribution in [2.75, 3.05) is 7.05 Å². The molecule has 0 radical (unpaired) electrons. The van der Waals surface area contributed by atoms with Gasteiger partial charge in [0, 0.05) is 25.5 Å². The number of aryl methyl sites for hydroxylation is 1. The van der Waals surface area contributed by atoms with Crippen molar-refractivity contribution in [1.29, 1.82) is 0 Å². The van der Waals surface area contributed by atoms with Crippen molar-refractivity contribution in [3.63, 3.8) is 0 Å². The van der Waals surface area contributed by atoms with Crippen molar-refractivity contribution in [2.45, 2.75) is 13.5 Å². The summed E-state index contributed by atoms with van der Waals surface area (Å²) in [5.41, 5.74) is 0.910. The maximum atomic E-state index is 12.0. The molecule has 0 unspecified atom stereocenters. The summed E-state index contributed by atoms with van der Waals surface area (Å²) in [4.78, 5) is 27.4. The van der Waals surface area contributed by atoms with Crippen LogP contribution in [0.25, 0.3) is 5.69 Å². The predicted octanol–water partition coefficient (Wildman–Crippen LogP) is 0.0697. The summed E-state index contributed by atoms with van der Waals surface area (Å²) in [5.74, 6) is 2.92. The highest BCUT2D eigenvalue weighted by Crippen LogP contribution is 2.09. The van der Waals surface area contributed by atoms with Crippen LogP contribution in [0.4, 0.5) is 0 Å². The Balaban J connectivity index is 2.38. The van der Waals surface area contributed by atoms with Crippen LogP contribution in [0.5, 0.6) is 0 Å². The summed E-state index contributed by atoms with van der Waals surface area (Å²) in [6.45, 7) is 1.80. The molecule has 20 heavy (non-hydrogen) atoms. The SMILES string of the molecule is C#Cc1cn(-c2ccn(CC(=O)NC)c(=O)c2)c(C)n1. The predicted molar refractivity (Wildman–Crippen MR) is 74.6 cm³/mol. The molecule has 0 fully saturated rings. The van der Waals surface area contributed by atoms with Gasteiger partial charge in [0.15, 0.2) is 0 Å². The van der Waals surface area contributed by atoms with Crippen molar-refractivity contribution >= 4 is 5.91 Å². The molecule has 6 nitrogen and oxygen atoms in total. The smallest absolute Gasteiger partial charge is 0.253 e. The molecule has 0 aliphatic heterocycles. The molecule has 0 saturated heterocycles. The van der Waals surface area contributed by atoms with E-state index in [0.717, 1.165) is 0 Å². The summed E-state index contributed by atoms with van der Waals surface area (Å²) in [7, 11) is 1.53. The van der Waals surface area contributed by atoms with E-state index in [9.17, 15) is 9.59 Å². The number of pyridine rings is 1. The Kier molecular flexibility index (Phi) is 3.71. The van der Waals surface area contributed by atoms with Crippen LogP contribution in [-0.4, -0.2) is 27.1 Å². The van der Waals surface area contributed by atoms with E-state index in [1.807, 2.05) is 0 Å². The molecule has 2 heterocycles. The van der Waals surface area contributed by atoms with Gasteiger partial charge in [-0.05, 0) is 18.9 Å². The average Bonchev–Trinajstić information content (AvgIpc) is 2.82. The molecule has 0 aliphatic rings. The van der Waals surface area contributed by atoms with E-state index >= 15 is 0 Å². The van der Waals surface area contributed by atoms with Crippen molar-refractivity contribution in [3.05, 3.63) is 46.4 Å². The third-order valence-corrected chi connectivity index (χ3v) is 2.88. The number of nitrogens with one attached hydrogen (secondary N) is 1. The fourth-order valence-corrected chi connectivity index (χ4v) is 1.82. The molecule has 6 heteroatoms. The zero-order valence-electron chi connectivity index (χ0n) is 11.3. The van der Waals surface area contributed by atoms with Gasteiger partial charge in [0.25, 0.3) is 5.56 Å². The maximum absolute atomic E-state index is 12.0. The van der Waals surface area contributed by atoms with Crippen LogP contribution in [0.2, 0.25) is 0 Å². The quantitative estimate of drug-likeness (QED) is 0.802. The minimum atomic E-state index is -0.263. The molecule has 1 amide bonds. The fraction of sp³-hybridized carbons (Fsp3) is 0.214. The number of amides is 1. The summed E-state index contributed by atoms with van der Waals surface area (Å²) in [6.07, 6.45) is 8.56. The van der Waals surface area contributed by atoms with Gasteiger partial charge in [0.05, 0.1) is 5.69 Å². The molecular formula is C14H14N4O2. The second-order valence-electron chi connectivity index (χ2n) is 4.21. The minimum Gasteiger partial charge on any atom is -0.358 e. The Morgan fingerprint density at radius 2 is 2.30 bits per heavy atom. The number of hydrogen-bond donors (Lipinski definition) is 1. The van der Waals surface area contributed by atoms with Crippen molar-refractivity contribution < 1.29 is 4.79 Å². The zero-order valence-corrected chi connectivity index (χ0v) is 11.3. The third-order valence-electron chi connectivity index (χ3n) is 2.88. The molecule has 2 rings (SSSR count). The highest BCUT2D eigenvalue weighted by atomic mass is 16.2. The number of aromatic nitrogens is 3. The van der Waals surface area contributed by atoms with Gasteiger partial charge < -0.3 is 14.5 Å². The van der Waals surface area contributed by atoms with E-state index in [-0.39, 0.29) is 18.0 Å². The van der Waals surface area contributed by atoms with E-state index in [1.165, 1.54) is 17.7 Å². The van der Waals surface area contributed by atoms with Gasteiger partial charge in [-0.25, -0.2) is 4.98 Å². The van der Waals surface area contributed by atoms with E-state index < -0.39 is 0 Å². The summed E-state index contributed by atoms with van der Waals surface area (Å²) >= 11 is 0. The Morgan fingerprint density at radius 1 is 1.55 bits per heavy atom. The summed E-state index contributed by atoms with van der Waals surface area (Å²) < 4.78 is 3.07. The van der Waals surface area contributed by atoms with E-state index in [1.54, 1.807) is 30.0 Å². The number of likely N-dealkylation sites (N-methyl/N-ethyl adjacent to an activating group) is 1. The summed E-state index contributed by atoms with van der Waals surface area (Å²) in [6, 6.07) is 3.18. The molecule has 2 aromatic rings. The molecule has 102 valence electrons. The first-order valence-corrected chi connectivity index (χ1v) is 5.99. The lowest BCUT2D eigenvalue weighted by molar-refractivity contribution is -0.121. The molecule has 0 saturated carbocycles. The molecular weight excluding hydrogens is 256 g/mol. The molecule has 2 aromatic heterocycles. The first-order chi connectivity index (χ1) is 9.55. The van der Waals surface area contributed by atoms with Gasteiger partial charge in [0.1, 0.15) is 18.1 Å². The highest BCUT2D eigenvalue weighted by molar-refractivity contribution is 5.75. The van der Waals surface area contributed by atoms with Crippen molar-refractivity contribution in [3.8, 4) is 18.0 Å². The Bertz CT molecular complexity index is 749. The van der Waals surface area contributed by atoms with E-state index in [4.69, 9.17) is 6.42 Å². The largest absolute Gasteiger partial charge is 0.358 e. The Morgan fingerprint density at radius 3 is 2.85 bits per heavy atom. The van der Waals surface area contributed by atoms with Crippen LogP contribution in [0.1, 0.15) is 11.5 Å². The molecule has 0 atom stereocenters. The monoisotopic (exact) mass is 270 g/mol. The maximum Gasteiger partial charge on any atom is 0.253 e. The van der Waals surface area contributed by atoms with Crippen LogP contribution in [0, 0.1) is 19.3 Å². The van der Waals surface area contributed by atoms with Crippen molar-refractivity contribution in [2.24, 2.45) is 0 Å². The third kappa shape index (κ3) is 2.62. The zero-order chi connectivity index (χ0) is 14.7. The first-order valence-electron chi connectivity index (χ1n) is 5.99. The number of terminal acetylenes is 1. The molecule has 0 aliphatic carbocycles. The van der Waals surface area contributed by atoms with Crippen LogP contribution in [0.3, 0.4) is 0 Å². The standard InChI is InChI=1S/C14H14N4O2/c1-4-11-8-18(10(2)16-11)12-5-6-17(14(20)7-12)9-13(19)15-3/h1,5-8H,9H2,2-3H3,(H,15,19). The van der Waals surface area contributed by atoms with Gasteiger partial charge in [-0.15, -0.1) is 6.42 Å². The van der Waals surface area contributed by atoms with Crippen LogP contribution in [-0.2, 0) is 11.3 Å². The van der Waals surface area contributed by atoms with E-state index in [2.05, 4.69) is 16.2 Å². The number of carbonyl (C=O) groups excluding carboxylic acids is 1. The van der Waals surface area contributed by atoms with Gasteiger partial charge in [-0.2, -0.15) is 0 Å². The van der Waals surface area contributed by atoms with Gasteiger partial charge in [-0.1, -0.05) is 0 Å². The number of rotatable bonds is 3. The summed E-state index contributed by atoms with van der Waals surface area (Å²) in [5, 5.41) is 2.47. The molecule has 0 bridgehead atoms. The number of carbonyl (C=O) groups is 1. The van der Waals surface area contributed by atoms with Crippen LogP contribution >= 0.6 is 0 Å².